The lowest BCUT2D eigenvalue weighted by Crippen LogP contribution is -2.07. The number of nitrogens with zero attached hydrogens (tertiary/aromatic N) is 1. The smallest absolute Gasteiger partial charge is 0.311 e. The fourth-order valence-corrected chi connectivity index (χ4v) is 5.28. The molecule has 0 saturated heterocycles. The molecule has 4 aromatic rings. The van der Waals surface area contributed by atoms with Gasteiger partial charge in [0.15, 0.2) is 0 Å². The molecule has 0 spiro atoms. The van der Waals surface area contributed by atoms with E-state index in [0.29, 0.717) is 12.2 Å². The fraction of sp³-hybridized carbons (Fsp3) is 0.405. The summed E-state index contributed by atoms with van der Waals surface area (Å²) < 4.78 is 5.61. The van der Waals surface area contributed by atoms with Crippen LogP contribution in [0.2, 0.25) is 0 Å². The number of aromatic amines is 1. The van der Waals surface area contributed by atoms with E-state index in [-0.39, 0.29) is 5.97 Å². The highest BCUT2D eigenvalue weighted by Gasteiger charge is 2.15. The van der Waals surface area contributed by atoms with Crippen LogP contribution in [0.15, 0.2) is 84.9 Å². The van der Waals surface area contributed by atoms with Crippen LogP contribution in [-0.2, 0) is 4.79 Å². The van der Waals surface area contributed by atoms with Gasteiger partial charge >= 0.3 is 5.97 Å². The Morgan fingerprint density at radius 3 is 1.68 bits per heavy atom. The third-order valence-corrected chi connectivity index (χ3v) is 7.66. The van der Waals surface area contributed by atoms with Gasteiger partial charge in [0.05, 0.1) is 11.4 Å². The molecule has 3 aromatic carbocycles. The molecule has 0 aliphatic heterocycles. The van der Waals surface area contributed by atoms with E-state index in [1.807, 2.05) is 60.7 Å². The maximum atomic E-state index is 12.4. The van der Waals surface area contributed by atoms with Crippen molar-refractivity contribution in [2.24, 2.45) is 0 Å². The number of hydrogen-bond acceptors (Lipinski definition) is 3. The van der Waals surface area contributed by atoms with Gasteiger partial charge in [-0.05, 0) is 30.7 Å². The minimum Gasteiger partial charge on any atom is -0.427 e. The minimum atomic E-state index is -0.156. The maximum Gasteiger partial charge on any atom is 0.311 e. The number of ether oxygens (including phenoxy) is 1. The third kappa shape index (κ3) is 10.0. The highest BCUT2D eigenvalue weighted by Crippen LogP contribution is 2.33. The van der Waals surface area contributed by atoms with Gasteiger partial charge in [-0.25, -0.2) is 4.98 Å². The number of esters is 1. The van der Waals surface area contributed by atoms with Gasteiger partial charge in [-0.3, -0.25) is 4.79 Å². The van der Waals surface area contributed by atoms with Gasteiger partial charge in [-0.15, -0.1) is 0 Å². The number of hydrogen-bond donors (Lipinski definition) is 1. The second-order valence-electron chi connectivity index (χ2n) is 11.0. The molecular formula is C37H46N2O2. The maximum absolute atomic E-state index is 12.4. The molecule has 0 atom stereocenters. The van der Waals surface area contributed by atoms with Gasteiger partial charge in [0.2, 0.25) is 0 Å². The topological polar surface area (TPSA) is 55.0 Å². The van der Waals surface area contributed by atoms with Crippen molar-refractivity contribution in [2.45, 2.75) is 96.8 Å². The van der Waals surface area contributed by atoms with Gasteiger partial charge in [-0.2, -0.15) is 0 Å². The van der Waals surface area contributed by atoms with E-state index in [4.69, 9.17) is 9.72 Å². The van der Waals surface area contributed by atoms with Crippen LogP contribution >= 0.6 is 0 Å². The Bertz CT molecular complexity index is 1220. The second kappa shape index (κ2) is 17.2. The molecule has 0 aliphatic carbocycles. The number of nitrogens with one attached hydrogen (secondary N) is 1. The Balaban J connectivity index is 1.19. The molecule has 0 fully saturated rings. The second-order valence-corrected chi connectivity index (χ2v) is 11.0. The molecule has 4 rings (SSSR count). The molecular weight excluding hydrogens is 504 g/mol. The van der Waals surface area contributed by atoms with E-state index in [2.05, 4.69) is 36.2 Å². The Hall–Kier alpha value is -3.66. The molecule has 1 heterocycles. The fourth-order valence-electron chi connectivity index (χ4n) is 5.28. The highest BCUT2D eigenvalue weighted by atomic mass is 16.5. The molecule has 0 radical (unpaired) electrons. The third-order valence-electron chi connectivity index (χ3n) is 7.66. The molecule has 0 saturated carbocycles. The van der Waals surface area contributed by atoms with E-state index in [0.717, 1.165) is 46.7 Å². The summed E-state index contributed by atoms with van der Waals surface area (Å²) in [5, 5.41) is 0. The lowest BCUT2D eigenvalue weighted by Gasteiger charge is -2.06. The minimum absolute atomic E-state index is 0.156. The van der Waals surface area contributed by atoms with E-state index < -0.39 is 0 Å². The van der Waals surface area contributed by atoms with Crippen LogP contribution in [0.4, 0.5) is 0 Å². The first-order valence-electron chi connectivity index (χ1n) is 15.8. The molecule has 1 aromatic heterocycles. The number of aromatic nitrogens is 2. The van der Waals surface area contributed by atoms with Gasteiger partial charge in [0, 0.05) is 23.1 Å². The van der Waals surface area contributed by atoms with Crippen molar-refractivity contribution in [3.63, 3.8) is 0 Å². The number of rotatable bonds is 18. The SMILES string of the molecule is CCCCCCCCCCCCCCCC(=O)Oc1ccc(-c2nc(-c3ccccc3)c(-c3ccccc3)[nH]2)cc1. The van der Waals surface area contributed by atoms with Crippen molar-refractivity contribution in [3.05, 3.63) is 84.9 Å². The summed E-state index contributed by atoms with van der Waals surface area (Å²) in [5.41, 5.74) is 5.00. The largest absolute Gasteiger partial charge is 0.427 e. The lowest BCUT2D eigenvalue weighted by molar-refractivity contribution is -0.134. The standard InChI is InChI=1S/C37H46N2O2/c1-2-3-4-5-6-7-8-9-10-11-12-13-20-25-34(40)41-33-28-26-32(27-29-33)37-38-35(30-21-16-14-17-22-30)36(39-37)31-23-18-15-19-24-31/h14-19,21-24,26-29H,2-13,20,25H2,1H3,(H,38,39). The molecule has 4 nitrogen and oxygen atoms in total. The summed E-state index contributed by atoms with van der Waals surface area (Å²) in [7, 11) is 0. The Labute approximate surface area is 246 Å². The van der Waals surface area contributed by atoms with Crippen molar-refractivity contribution in [1.29, 1.82) is 0 Å². The van der Waals surface area contributed by atoms with Crippen LogP contribution in [-0.4, -0.2) is 15.9 Å². The van der Waals surface area contributed by atoms with Gasteiger partial charge in [0.25, 0.3) is 0 Å². The average Bonchev–Trinajstić information content (AvgIpc) is 3.46. The number of benzene rings is 3. The monoisotopic (exact) mass is 550 g/mol. The van der Waals surface area contributed by atoms with Crippen molar-refractivity contribution >= 4 is 5.97 Å². The molecule has 216 valence electrons. The van der Waals surface area contributed by atoms with Crippen LogP contribution in [0.25, 0.3) is 33.9 Å². The van der Waals surface area contributed by atoms with Crippen LogP contribution in [0.5, 0.6) is 5.75 Å². The lowest BCUT2D eigenvalue weighted by atomic mass is 10.0. The van der Waals surface area contributed by atoms with E-state index >= 15 is 0 Å². The quantitative estimate of drug-likeness (QED) is 0.0761. The Kier molecular flexibility index (Phi) is 12.7. The summed E-state index contributed by atoms with van der Waals surface area (Å²) in [5.74, 6) is 1.20. The molecule has 0 amide bonds. The first-order valence-corrected chi connectivity index (χ1v) is 15.8. The first-order chi connectivity index (χ1) is 20.2. The number of H-pyrrole nitrogens is 1. The molecule has 1 N–H and O–H groups in total. The van der Waals surface area contributed by atoms with Crippen molar-refractivity contribution in [1.82, 2.24) is 9.97 Å². The summed E-state index contributed by atoms with van der Waals surface area (Å²) in [4.78, 5) is 20.9. The van der Waals surface area contributed by atoms with Crippen LogP contribution in [0, 0.1) is 0 Å². The van der Waals surface area contributed by atoms with Gasteiger partial charge in [0.1, 0.15) is 11.6 Å². The first kappa shape index (κ1) is 30.3. The zero-order valence-corrected chi connectivity index (χ0v) is 24.7. The van der Waals surface area contributed by atoms with Crippen LogP contribution in [0.3, 0.4) is 0 Å². The van der Waals surface area contributed by atoms with E-state index in [1.54, 1.807) is 0 Å². The number of unbranched alkanes of at least 4 members (excludes halogenated alkanes) is 12. The number of carbonyl (C=O) groups is 1. The number of carbonyl (C=O) groups excluding carboxylic acids is 1. The molecule has 4 heteroatoms. The average molecular weight is 551 g/mol. The van der Waals surface area contributed by atoms with Crippen molar-refractivity contribution in [2.75, 3.05) is 0 Å². The Morgan fingerprint density at radius 2 is 1.12 bits per heavy atom. The molecule has 0 unspecified atom stereocenters. The zero-order chi connectivity index (χ0) is 28.5. The number of imidazole rings is 1. The highest BCUT2D eigenvalue weighted by molar-refractivity contribution is 5.81. The summed E-state index contributed by atoms with van der Waals surface area (Å²) in [6.07, 6.45) is 17.3. The summed E-state index contributed by atoms with van der Waals surface area (Å²) in [6, 6.07) is 28.1. The Morgan fingerprint density at radius 1 is 0.610 bits per heavy atom. The van der Waals surface area contributed by atoms with Gasteiger partial charge < -0.3 is 9.72 Å². The predicted molar refractivity (Wildman–Crippen MR) is 171 cm³/mol. The van der Waals surface area contributed by atoms with Crippen molar-refractivity contribution < 1.29 is 9.53 Å². The summed E-state index contributed by atoms with van der Waals surface area (Å²) in [6.45, 7) is 2.27. The zero-order valence-electron chi connectivity index (χ0n) is 24.7. The molecule has 0 bridgehead atoms. The van der Waals surface area contributed by atoms with E-state index in [9.17, 15) is 4.79 Å². The van der Waals surface area contributed by atoms with Crippen LogP contribution < -0.4 is 4.74 Å². The summed E-state index contributed by atoms with van der Waals surface area (Å²) >= 11 is 0. The van der Waals surface area contributed by atoms with Crippen LogP contribution in [0.1, 0.15) is 96.8 Å². The van der Waals surface area contributed by atoms with Gasteiger partial charge in [-0.1, -0.05) is 145 Å². The normalized spacial score (nSPS) is 11.0. The predicted octanol–water partition coefficient (Wildman–Crippen LogP) is 10.8. The van der Waals surface area contributed by atoms with Crippen molar-refractivity contribution in [3.8, 4) is 39.7 Å². The molecule has 41 heavy (non-hydrogen) atoms. The van der Waals surface area contributed by atoms with E-state index in [1.165, 1.54) is 70.6 Å². The molecule has 0 aliphatic rings.